The smallest absolute Gasteiger partial charge is 0.269 e. The van der Waals surface area contributed by atoms with Gasteiger partial charge in [0.15, 0.2) is 0 Å². The first-order chi connectivity index (χ1) is 15.5. The predicted octanol–water partition coefficient (Wildman–Crippen LogP) is 5.15. The lowest BCUT2D eigenvalue weighted by Gasteiger charge is -2.28. The molecule has 4 aromatic carbocycles. The number of rotatable bonds is 7. The van der Waals surface area contributed by atoms with Gasteiger partial charge in [-0.1, -0.05) is 36.4 Å². The van der Waals surface area contributed by atoms with E-state index in [0.717, 1.165) is 17.4 Å². The SMILES string of the molecule is CN(C)c1ccc([P+](Cc2ccc([N+](=O)[O-])cc2)(c2ccccc2)c2ccccc2)cc1. The maximum absolute atomic E-state index is 11.2. The second-order valence-electron chi connectivity index (χ2n) is 7.97. The summed E-state index contributed by atoms with van der Waals surface area (Å²) in [5.74, 6) is 0. The molecule has 0 spiro atoms. The van der Waals surface area contributed by atoms with E-state index in [1.54, 1.807) is 12.1 Å². The number of benzene rings is 4. The Kier molecular flexibility index (Phi) is 6.34. The number of nitro benzene ring substituents is 1. The molecule has 0 radical (unpaired) electrons. The molecule has 0 heterocycles. The highest BCUT2D eigenvalue weighted by molar-refractivity contribution is 7.95. The van der Waals surface area contributed by atoms with Crippen molar-refractivity contribution in [3.05, 3.63) is 125 Å². The van der Waals surface area contributed by atoms with Crippen LogP contribution in [-0.2, 0) is 6.16 Å². The van der Waals surface area contributed by atoms with Gasteiger partial charge in [0.05, 0.1) is 11.1 Å². The molecule has 4 rings (SSSR count). The first-order valence-electron chi connectivity index (χ1n) is 10.5. The minimum absolute atomic E-state index is 0.118. The van der Waals surface area contributed by atoms with E-state index < -0.39 is 7.26 Å². The number of hydrogen-bond donors (Lipinski definition) is 0. The molecule has 0 saturated heterocycles. The van der Waals surface area contributed by atoms with Gasteiger partial charge in [0.1, 0.15) is 23.2 Å². The van der Waals surface area contributed by atoms with Gasteiger partial charge in [-0.3, -0.25) is 10.1 Å². The van der Waals surface area contributed by atoms with Crippen molar-refractivity contribution in [1.82, 2.24) is 0 Å². The van der Waals surface area contributed by atoms with Gasteiger partial charge in [-0.05, 0) is 66.2 Å². The third kappa shape index (κ3) is 4.28. The van der Waals surface area contributed by atoms with Gasteiger partial charge in [-0.25, -0.2) is 0 Å². The maximum Gasteiger partial charge on any atom is 0.269 e. The van der Waals surface area contributed by atoms with Crippen LogP contribution in [0.1, 0.15) is 5.56 Å². The van der Waals surface area contributed by atoms with Crippen LogP contribution >= 0.6 is 7.26 Å². The zero-order chi connectivity index (χ0) is 22.6. The van der Waals surface area contributed by atoms with Crippen LogP contribution in [0.4, 0.5) is 11.4 Å². The summed E-state index contributed by atoms with van der Waals surface area (Å²) in [5, 5.41) is 15.0. The summed E-state index contributed by atoms with van der Waals surface area (Å²) >= 11 is 0. The maximum atomic E-state index is 11.2. The molecule has 0 aliphatic carbocycles. The van der Waals surface area contributed by atoms with Gasteiger partial charge >= 0.3 is 0 Å². The summed E-state index contributed by atoms with van der Waals surface area (Å²) in [6.45, 7) is 0. The molecule has 0 saturated carbocycles. The van der Waals surface area contributed by atoms with Gasteiger partial charge < -0.3 is 4.90 Å². The van der Waals surface area contributed by atoms with E-state index in [1.165, 1.54) is 15.9 Å². The quantitative estimate of drug-likeness (QED) is 0.226. The van der Waals surface area contributed by atoms with Crippen LogP contribution in [0.5, 0.6) is 0 Å². The molecule has 0 fully saturated rings. The largest absolute Gasteiger partial charge is 0.378 e. The fourth-order valence-corrected chi connectivity index (χ4v) is 8.31. The fraction of sp³-hybridized carbons (Fsp3) is 0.111. The molecule has 0 bridgehead atoms. The van der Waals surface area contributed by atoms with Crippen molar-refractivity contribution in [1.29, 1.82) is 0 Å². The van der Waals surface area contributed by atoms with Crippen LogP contribution in [0.3, 0.4) is 0 Å². The lowest BCUT2D eigenvalue weighted by atomic mass is 10.2. The Labute approximate surface area is 189 Å². The summed E-state index contributed by atoms with van der Waals surface area (Å²) in [4.78, 5) is 12.9. The van der Waals surface area contributed by atoms with E-state index >= 15 is 0 Å². The van der Waals surface area contributed by atoms with Crippen molar-refractivity contribution >= 4 is 34.6 Å². The molecule has 5 heteroatoms. The van der Waals surface area contributed by atoms with Gasteiger partial charge in [0.2, 0.25) is 0 Å². The normalized spacial score (nSPS) is 11.2. The van der Waals surface area contributed by atoms with Gasteiger partial charge in [0.25, 0.3) is 5.69 Å². The molecule has 4 aromatic rings. The Morgan fingerprint density at radius 3 is 1.59 bits per heavy atom. The molecule has 0 aromatic heterocycles. The van der Waals surface area contributed by atoms with Gasteiger partial charge in [0, 0.05) is 31.9 Å². The standard InChI is InChI=1S/C27H26N2O2P/c1-28(2)23-17-19-27(20-18-23)32(25-9-5-3-6-10-25,26-11-7-4-8-12-26)21-22-13-15-24(16-14-22)29(30)31/h3-20H,21H2,1-2H3/q+1. The highest BCUT2D eigenvalue weighted by Crippen LogP contribution is 2.58. The Morgan fingerprint density at radius 2 is 1.16 bits per heavy atom. The van der Waals surface area contributed by atoms with Crippen molar-refractivity contribution < 1.29 is 4.92 Å². The lowest BCUT2D eigenvalue weighted by Crippen LogP contribution is -2.32. The second-order valence-corrected chi connectivity index (χ2v) is 11.5. The lowest BCUT2D eigenvalue weighted by molar-refractivity contribution is -0.384. The van der Waals surface area contributed by atoms with Gasteiger partial charge in [-0.2, -0.15) is 0 Å². The Morgan fingerprint density at radius 1 is 0.688 bits per heavy atom. The van der Waals surface area contributed by atoms with Crippen LogP contribution in [0, 0.1) is 10.1 Å². The highest BCUT2D eigenvalue weighted by atomic mass is 31.2. The van der Waals surface area contributed by atoms with Crippen molar-refractivity contribution in [2.24, 2.45) is 0 Å². The van der Waals surface area contributed by atoms with Crippen LogP contribution in [-0.4, -0.2) is 19.0 Å². The molecule has 0 amide bonds. The summed E-state index contributed by atoms with van der Waals surface area (Å²) in [6, 6.07) is 37.2. The third-order valence-electron chi connectivity index (χ3n) is 5.77. The third-order valence-corrected chi connectivity index (χ3v) is 10.1. The van der Waals surface area contributed by atoms with Crippen LogP contribution in [0.25, 0.3) is 0 Å². The molecule has 4 nitrogen and oxygen atoms in total. The van der Waals surface area contributed by atoms with Crippen molar-refractivity contribution in [2.75, 3.05) is 19.0 Å². The van der Waals surface area contributed by atoms with E-state index in [4.69, 9.17) is 0 Å². The van der Waals surface area contributed by atoms with Gasteiger partial charge in [-0.15, -0.1) is 0 Å². The molecule has 0 atom stereocenters. The molecular weight excluding hydrogens is 415 g/mol. The molecular formula is C27H26N2O2P+. The van der Waals surface area contributed by atoms with Crippen LogP contribution in [0.15, 0.2) is 109 Å². The summed E-state index contributed by atoms with van der Waals surface area (Å²) in [5.41, 5.74) is 2.36. The summed E-state index contributed by atoms with van der Waals surface area (Å²) in [7, 11) is 2.04. The van der Waals surface area contributed by atoms with Crippen molar-refractivity contribution in [3.63, 3.8) is 0 Å². The number of nitro groups is 1. The number of anilines is 1. The molecule has 32 heavy (non-hydrogen) atoms. The molecule has 0 N–H and O–H groups in total. The Bertz CT molecular complexity index is 1140. The Hall–Kier alpha value is -3.49. The first-order valence-corrected chi connectivity index (χ1v) is 12.5. The van der Waals surface area contributed by atoms with E-state index in [1.807, 2.05) is 38.4 Å². The average molecular weight is 441 g/mol. The number of hydrogen-bond acceptors (Lipinski definition) is 3. The van der Waals surface area contributed by atoms with E-state index in [-0.39, 0.29) is 10.6 Å². The molecule has 0 aliphatic rings. The minimum Gasteiger partial charge on any atom is -0.378 e. The topological polar surface area (TPSA) is 46.4 Å². The van der Waals surface area contributed by atoms with Crippen molar-refractivity contribution in [3.8, 4) is 0 Å². The molecule has 160 valence electrons. The fourth-order valence-electron chi connectivity index (χ4n) is 4.09. The van der Waals surface area contributed by atoms with E-state index in [2.05, 4.69) is 77.7 Å². The molecule has 0 aliphatic heterocycles. The highest BCUT2D eigenvalue weighted by Gasteiger charge is 2.45. The first kappa shape index (κ1) is 21.7. The van der Waals surface area contributed by atoms with Crippen molar-refractivity contribution in [2.45, 2.75) is 6.16 Å². The second kappa shape index (κ2) is 9.33. The minimum atomic E-state index is -2.05. The molecule has 0 unspecified atom stereocenters. The number of non-ortho nitro benzene ring substituents is 1. The zero-order valence-electron chi connectivity index (χ0n) is 18.3. The van der Waals surface area contributed by atoms with Crippen LogP contribution < -0.4 is 20.8 Å². The number of nitrogens with zero attached hydrogens (tertiary/aromatic N) is 2. The van der Waals surface area contributed by atoms with E-state index in [0.29, 0.717) is 0 Å². The van der Waals surface area contributed by atoms with Crippen LogP contribution in [0.2, 0.25) is 0 Å². The monoisotopic (exact) mass is 441 g/mol. The Balaban J connectivity index is 1.93. The predicted molar refractivity (Wildman–Crippen MR) is 136 cm³/mol. The summed E-state index contributed by atoms with van der Waals surface area (Å²) < 4.78 is 0. The zero-order valence-corrected chi connectivity index (χ0v) is 19.2. The summed E-state index contributed by atoms with van der Waals surface area (Å²) in [6.07, 6.45) is 0.792. The van der Waals surface area contributed by atoms with E-state index in [9.17, 15) is 10.1 Å². The average Bonchev–Trinajstić information content (AvgIpc) is 2.84.